The van der Waals surface area contributed by atoms with Gasteiger partial charge in [0.15, 0.2) is 0 Å². The van der Waals surface area contributed by atoms with Crippen molar-refractivity contribution in [2.24, 2.45) is 0 Å². The van der Waals surface area contributed by atoms with Gasteiger partial charge in [-0.15, -0.1) is 0 Å². The molecule has 0 saturated carbocycles. The summed E-state index contributed by atoms with van der Waals surface area (Å²) in [5.41, 5.74) is -3.45. The topological polar surface area (TPSA) is 95.5 Å². The normalized spacial score (nSPS) is 14.3. The van der Waals surface area contributed by atoms with E-state index in [1.54, 1.807) is 6.07 Å². The zero-order valence-corrected chi connectivity index (χ0v) is 18.1. The third kappa shape index (κ3) is 5.57. The third-order valence-electron chi connectivity index (χ3n) is 3.94. The summed E-state index contributed by atoms with van der Waals surface area (Å²) in [6.07, 6.45) is -5.22. The molecular weight excluding hydrogens is 492 g/mol. The van der Waals surface area contributed by atoms with Crippen LogP contribution in [-0.2, 0) is 21.4 Å². The van der Waals surface area contributed by atoms with Crippen LogP contribution in [-0.4, -0.2) is 31.2 Å². The first kappa shape index (κ1) is 24.7. The van der Waals surface area contributed by atoms with Gasteiger partial charge in [-0.3, -0.25) is 4.79 Å². The summed E-state index contributed by atoms with van der Waals surface area (Å²) in [6.45, 7) is 0.159. The Morgan fingerprint density at radius 2 is 1.67 bits per heavy atom. The van der Waals surface area contributed by atoms with Crippen molar-refractivity contribution in [1.82, 2.24) is 4.72 Å². The molecule has 0 fully saturated rings. The van der Waals surface area contributed by atoms with E-state index in [0.29, 0.717) is 10.6 Å². The molecule has 0 saturated heterocycles. The highest BCUT2D eigenvalue weighted by atomic mass is 35.5. The predicted molar refractivity (Wildman–Crippen MR) is 107 cm³/mol. The lowest BCUT2D eigenvalue weighted by Gasteiger charge is -2.25. The molecular formula is C17H14Cl3F3N2O4S. The Kier molecular flexibility index (Phi) is 7.33. The molecule has 0 bridgehead atoms. The predicted octanol–water partition coefficient (Wildman–Crippen LogP) is 4.38. The number of amides is 1. The molecule has 0 heterocycles. The number of alkyl halides is 3. The Morgan fingerprint density at radius 3 is 2.20 bits per heavy atom. The number of halogens is 6. The number of benzene rings is 2. The molecule has 164 valence electrons. The molecule has 2 aromatic carbocycles. The molecule has 13 heteroatoms. The van der Waals surface area contributed by atoms with Crippen molar-refractivity contribution in [3.8, 4) is 0 Å². The van der Waals surface area contributed by atoms with Crippen LogP contribution in [0.2, 0.25) is 15.1 Å². The molecule has 1 amide bonds. The van der Waals surface area contributed by atoms with E-state index in [0.717, 1.165) is 18.2 Å². The maximum Gasteiger partial charge on any atom is 0.426 e. The van der Waals surface area contributed by atoms with Crippen molar-refractivity contribution in [2.75, 3.05) is 5.32 Å². The number of rotatable bonds is 6. The second kappa shape index (κ2) is 8.89. The zero-order chi connectivity index (χ0) is 22.9. The molecule has 2 rings (SSSR count). The van der Waals surface area contributed by atoms with Gasteiger partial charge in [-0.1, -0.05) is 40.9 Å². The maximum atomic E-state index is 12.7. The number of aliphatic hydroxyl groups is 1. The van der Waals surface area contributed by atoms with Crippen molar-refractivity contribution >= 4 is 56.4 Å². The molecule has 6 nitrogen and oxygen atoms in total. The lowest BCUT2D eigenvalue weighted by molar-refractivity contribution is -0.242. The minimum atomic E-state index is -5.22. The summed E-state index contributed by atoms with van der Waals surface area (Å²) in [6, 6.07) is 7.51. The molecule has 0 aliphatic rings. The highest BCUT2D eigenvalue weighted by Crippen LogP contribution is 2.32. The van der Waals surface area contributed by atoms with E-state index in [1.165, 1.54) is 12.1 Å². The van der Waals surface area contributed by atoms with Crippen molar-refractivity contribution in [3.63, 3.8) is 0 Å². The fourth-order valence-electron chi connectivity index (χ4n) is 2.05. The molecule has 0 aliphatic carbocycles. The molecule has 1 atom stereocenters. The van der Waals surface area contributed by atoms with Crippen LogP contribution in [0.25, 0.3) is 0 Å². The first-order valence-corrected chi connectivity index (χ1v) is 10.6. The smallest absolute Gasteiger partial charge is 0.373 e. The van der Waals surface area contributed by atoms with Gasteiger partial charge in [0.05, 0.1) is 25.7 Å². The molecule has 30 heavy (non-hydrogen) atoms. The van der Waals surface area contributed by atoms with Crippen LogP contribution >= 0.6 is 34.8 Å². The standard InChI is InChI=1S/C17H14Cl3F3N2O4S/c1-16(27,17(21,22)23)15(26)25-14-5-3-10(7-13(14)20)30(28,29)24-8-9-2-4-11(18)12(19)6-9/h2-7,24,27H,8H2,1H3,(H,25,26). The van der Waals surface area contributed by atoms with Gasteiger partial charge in [-0.05, 0) is 42.8 Å². The van der Waals surface area contributed by atoms with Gasteiger partial charge in [-0.2, -0.15) is 13.2 Å². The Morgan fingerprint density at radius 1 is 1.03 bits per heavy atom. The minimum absolute atomic E-state index is 0.121. The van der Waals surface area contributed by atoms with E-state index in [9.17, 15) is 31.5 Å². The van der Waals surface area contributed by atoms with Crippen LogP contribution in [0, 0.1) is 0 Å². The monoisotopic (exact) mass is 504 g/mol. The Hall–Kier alpha value is -1.56. The summed E-state index contributed by atoms with van der Waals surface area (Å²) < 4.78 is 65.4. The molecule has 3 N–H and O–H groups in total. The first-order valence-electron chi connectivity index (χ1n) is 7.99. The maximum absolute atomic E-state index is 12.7. The lowest BCUT2D eigenvalue weighted by atomic mass is 10.1. The summed E-state index contributed by atoms with van der Waals surface area (Å²) >= 11 is 17.6. The average molecular weight is 506 g/mol. The van der Waals surface area contributed by atoms with E-state index in [1.807, 2.05) is 5.32 Å². The summed E-state index contributed by atoms with van der Waals surface area (Å²) in [7, 11) is -4.05. The van der Waals surface area contributed by atoms with Gasteiger partial charge in [0, 0.05) is 6.54 Å². The Balaban J connectivity index is 2.17. The number of nitrogens with one attached hydrogen (secondary N) is 2. The number of sulfonamides is 1. The quantitative estimate of drug-likeness (QED) is 0.543. The summed E-state index contributed by atoms with van der Waals surface area (Å²) in [5, 5.41) is 11.4. The molecule has 0 aromatic heterocycles. The second-order valence-electron chi connectivity index (χ2n) is 6.24. The van der Waals surface area contributed by atoms with Crippen LogP contribution in [0.15, 0.2) is 41.3 Å². The first-order chi connectivity index (χ1) is 13.6. The van der Waals surface area contributed by atoms with Gasteiger partial charge in [0.25, 0.3) is 5.91 Å². The van der Waals surface area contributed by atoms with E-state index >= 15 is 0 Å². The number of carbonyl (C=O) groups is 1. The minimum Gasteiger partial charge on any atom is -0.373 e. The van der Waals surface area contributed by atoms with Gasteiger partial charge in [0.1, 0.15) is 0 Å². The van der Waals surface area contributed by atoms with Gasteiger partial charge < -0.3 is 10.4 Å². The molecule has 0 spiro atoms. The average Bonchev–Trinajstić information content (AvgIpc) is 2.63. The summed E-state index contributed by atoms with van der Waals surface area (Å²) in [4.78, 5) is 11.4. The third-order valence-corrected chi connectivity index (χ3v) is 6.39. The highest BCUT2D eigenvalue weighted by molar-refractivity contribution is 7.89. The fourth-order valence-corrected chi connectivity index (χ4v) is 3.71. The van der Waals surface area contributed by atoms with E-state index in [2.05, 4.69) is 4.72 Å². The van der Waals surface area contributed by atoms with E-state index in [-0.39, 0.29) is 34.1 Å². The number of anilines is 1. The van der Waals surface area contributed by atoms with Crippen molar-refractivity contribution in [1.29, 1.82) is 0 Å². The Bertz CT molecular complexity index is 1080. The zero-order valence-electron chi connectivity index (χ0n) is 15.0. The SMILES string of the molecule is CC(O)(C(=O)Nc1ccc(S(=O)(=O)NCc2ccc(Cl)c(Cl)c2)cc1Cl)C(F)(F)F. The van der Waals surface area contributed by atoms with Crippen molar-refractivity contribution in [3.05, 3.63) is 57.0 Å². The Labute approximate surface area is 185 Å². The fraction of sp³-hybridized carbons (Fsp3) is 0.235. The number of carbonyl (C=O) groups excluding carboxylic acids is 1. The van der Waals surface area contributed by atoms with Crippen LogP contribution in [0.5, 0.6) is 0 Å². The van der Waals surface area contributed by atoms with Crippen LogP contribution in [0.3, 0.4) is 0 Å². The lowest BCUT2D eigenvalue weighted by Crippen LogP contribution is -2.52. The van der Waals surface area contributed by atoms with Crippen LogP contribution < -0.4 is 10.0 Å². The molecule has 0 aliphatic heterocycles. The van der Waals surface area contributed by atoms with Crippen LogP contribution in [0.4, 0.5) is 18.9 Å². The van der Waals surface area contributed by atoms with E-state index in [4.69, 9.17) is 34.8 Å². The number of hydrogen-bond donors (Lipinski definition) is 3. The summed E-state index contributed by atoms with van der Waals surface area (Å²) in [5.74, 6) is -1.77. The number of hydrogen-bond acceptors (Lipinski definition) is 4. The molecule has 1 unspecified atom stereocenters. The van der Waals surface area contributed by atoms with Gasteiger partial charge in [-0.25, -0.2) is 13.1 Å². The molecule has 2 aromatic rings. The molecule has 0 radical (unpaired) electrons. The van der Waals surface area contributed by atoms with E-state index < -0.39 is 27.7 Å². The second-order valence-corrected chi connectivity index (χ2v) is 9.23. The van der Waals surface area contributed by atoms with Gasteiger partial charge in [0.2, 0.25) is 15.6 Å². The highest BCUT2D eigenvalue weighted by Gasteiger charge is 2.55. The van der Waals surface area contributed by atoms with Crippen molar-refractivity contribution < 1.29 is 31.5 Å². The van der Waals surface area contributed by atoms with Gasteiger partial charge >= 0.3 is 6.18 Å². The van der Waals surface area contributed by atoms with Crippen LogP contribution in [0.1, 0.15) is 12.5 Å². The largest absolute Gasteiger partial charge is 0.426 e. The van der Waals surface area contributed by atoms with Crippen molar-refractivity contribution in [2.45, 2.75) is 30.1 Å².